The Bertz CT molecular complexity index is 1070. The van der Waals surface area contributed by atoms with E-state index in [9.17, 15) is 5.11 Å². The van der Waals surface area contributed by atoms with Gasteiger partial charge in [0.05, 0.1) is 32.5 Å². The second kappa shape index (κ2) is 22.7. The quantitative estimate of drug-likeness (QED) is 0.0839. The summed E-state index contributed by atoms with van der Waals surface area (Å²) in [6.45, 7) is 3.74. The summed E-state index contributed by atoms with van der Waals surface area (Å²) in [5, 5.41) is 11.4. The van der Waals surface area contributed by atoms with Crippen LogP contribution in [0.2, 0.25) is 0 Å². The first kappa shape index (κ1) is 34.7. The molecule has 3 aromatic rings. The minimum atomic E-state index is -0.834. The van der Waals surface area contributed by atoms with E-state index in [2.05, 4.69) is 31.2 Å². The third-order valence-electron chi connectivity index (χ3n) is 7.75. The molecule has 0 aliphatic carbocycles. The fourth-order valence-electron chi connectivity index (χ4n) is 5.20. The molecule has 4 nitrogen and oxygen atoms in total. The van der Waals surface area contributed by atoms with E-state index in [0.717, 1.165) is 23.1 Å². The first-order valence-corrected chi connectivity index (χ1v) is 16.5. The molecule has 3 atom stereocenters. The number of allylic oxidation sites excluding steroid dienone is 1. The zero-order chi connectivity index (χ0) is 30.2. The van der Waals surface area contributed by atoms with Gasteiger partial charge < -0.3 is 19.3 Å². The molecule has 234 valence electrons. The van der Waals surface area contributed by atoms with Crippen molar-refractivity contribution in [1.29, 1.82) is 0 Å². The van der Waals surface area contributed by atoms with E-state index in [1.165, 1.54) is 57.8 Å². The highest BCUT2D eigenvalue weighted by Crippen LogP contribution is 2.20. The van der Waals surface area contributed by atoms with Crippen LogP contribution in [0.4, 0.5) is 0 Å². The molecule has 0 radical (unpaired) electrons. The predicted molar refractivity (Wildman–Crippen MR) is 178 cm³/mol. The average molecular weight is 587 g/mol. The summed E-state index contributed by atoms with van der Waals surface area (Å²) in [4.78, 5) is 0. The standard InChI is InChI=1S/C39H54O4/c1-2-3-4-5-6-7-8-9-10-11-12-22-29-38(42-31-35-25-18-14-19-26-35)39(43-32-36-27-20-15-21-28-36)37(40)33-41-30-34-23-16-13-17-24-34/h12-28,37-40H,2-11,29-33H2,1H3/b22-12+/t37-,38-,39+/m1/s1. The Morgan fingerprint density at radius 2 is 1.07 bits per heavy atom. The molecule has 0 aliphatic rings. The van der Waals surface area contributed by atoms with Crippen LogP contribution in [0.3, 0.4) is 0 Å². The van der Waals surface area contributed by atoms with Gasteiger partial charge >= 0.3 is 0 Å². The molecule has 1 N–H and O–H groups in total. The summed E-state index contributed by atoms with van der Waals surface area (Å²) < 4.78 is 18.8. The molecule has 3 aromatic carbocycles. The minimum Gasteiger partial charge on any atom is -0.388 e. The van der Waals surface area contributed by atoms with Crippen LogP contribution >= 0.6 is 0 Å². The van der Waals surface area contributed by atoms with Gasteiger partial charge in [-0.1, -0.05) is 161 Å². The third-order valence-corrected chi connectivity index (χ3v) is 7.75. The van der Waals surface area contributed by atoms with E-state index >= 15 is 0 Å². The minimum absolute atomic E-state index is 0.168. The lowest BCUT2D eigenvalue weighted by Crippen LogP contribution is -2.43. The molecule has 0 saturated carbocycles. The largest absolute Gasteiger partial charge is 0.388 e. The Labute approximate surface area is 261 Å². The summed E-state index contributed by atoms with van der Waals surface area (Å²) in [7, 11) is 0. The highest BCUT2D eigenvalue weighted by molar-refractivity contribution is 5.15. The zero-order valence-corrected chi connectivity index (χ0v) is 26.3. The molecule has 0 aliphatic heterocycles. The van der Waals surface area contributed by atoms with Crippen LogP contribution in [0.25, 0.3) is 0 Å². The van der Waals surface area contributed by atoms with Gasteiger partial charge in [0.25, 0.3) is 0 Å². The molecule has 0 fully saturated rings. The topological polar surface area (TPSA) is 47.9 Å². The molecule has 3 rings (SSSR count). The molecule has 0 saturated heterocycles. The van der Waals surface area contributed by atoms with E-state index in [0.29, 0.717) is 26.2 Å². The number of aliphatic hydroxyl groups excluding tert-OH is 1. The normalized spacial score (nSPS) is 13.7. The van der Waals surface area contributed by atoms with Crippen molar-refractivity contribution >= 4 is 0 Å². The van der Waals surface area contributed by atoms with Crippen molar-refractivity contribution in [2.75, 3.05) is 6.61 Å². The highest BCUT2D eigenvalue weighted by atomic mass is 16.6. The molecule has 0 unspecified atom stereocenters. The number of unbranched alkanes of at least 4 members (excludes halogenated alkanes) is 9. The van der Waals surface area contributed by atoms with Crippen molar-refractivity contribution in [3.8, 4) is 0 Å². The molecular formula is C39H54O4. The van der Waals surface area contributed by atoms with Crippen LogP contribution in [0.15, 0.2) is 103 Å². The van der Waals surface area contributed by atoms with Gasteiger partial charge in [0.2, 0.25) is 0 Å². The number of aliphatic hydroxyl groups is 1. The van der Waals surface area contributed by atoms with E-state index in [-0.39, 0.29) is 12.7 Å². The van der Waals surface area contributed by atoms with E-state index < -0.39 is 12.2 Å². The molecule has 43 heavy (non-hydrogen) atoms. The van der Waals surface area contributed by atoms with Crippen LogP contribution in [0, 0.1) is 0 Å². The predicted octanol–water partition coefficient (Wildman–Crippen LogP) is 9.60. The van der Waals surface area contributed by atoms with Crippen molar-refractivity contribution in [2.24, 2.45) is 0 Å². The van der Waals surface area contributed by atoms with E-state index in [4.69, 9.17) is 14.2 Å². The smallest absolute Gasteiger partial charge is 0.112 e. The maximum absolute atomic E-state index is 11.4. The first-order chi connectivity index (χ1) is 21.3. The van der Waals surface area contributed by atoms with Crippen LogP contribution in [0.1, 0.15) is 94.2 Å². The maximum atomic E-state index is 11.4. The summed E-state index contributed by atoms with van der Waals surface area (Å²) in [6, 6.07) is 30.3. The summed E-state index contributed by atoms with van der Waals surface area (Å²) >= 11 is 0. The molecular weight excluding hydrogens is 532 g/mol. The van der Waals surface area contributed by atoms with Crippen molar-refractivity contribution in [3.63, 3.8) is 0 Å². The summed E-state index contributed by atoms with van der Waals surface area (Å²) in [5.74, 6) is 0. The monoisotopic (exact) mass is 586 g/mol. The average Bonchev–Trinajstić information content (AvgIpc) is 3.05. The van der Waals surface area contributed by atoms with Gasteiger partial charge in [0.15, 0.2) is 0 Å². The third kappa shape index (κ3) is 15.5. The Kier molecular flexibility index (Phi) is 18.4. The lowest BCUT2D eigenvalue weighted by molar-refractivity contribution is -0.146. The Morgan fingerprint density at radius 1 is 0.581 bits per heavy atom. The van der Waals surface area contributed by atoms with E-state index in [1.54, 1.807) is 0 Å². The second-order valence-corrected chi connectivity index (χ2v) is 11.5. The van der Waals surface area contributed by atoms with Crippen molar-refractivity contribution < 1.29 is 19.3 Å². The van der Waals surface area contributed by atoms with Crippen molar-refractivity contribution in [1.82, 2.24) is 0 Å². The van der Waals surface area contributed by atoms with Crippen LogP contribution < -0.4 is 0 Å². The van der Waals surface area contributed by atoms with Crippen LogP contribution in [-0.2, 0) is 34.0 Å². The Hall–Kier alpha value is -2.76. The summed E-state index contributed by atoms with van der Waals surface area (Å²) in [5.41, 5.74) is 3.24. The lowest BCUT2D eigenvalue weighted by Gasteiger charge is -2.31. The highest BCUT2D eigenvalue weighted by Gasteiger charge is 2.30. The van der Waals surface area contributed by atoms with Crippen LogP contribution in [-0.4, -0.2) is 30.0 Å². The van der Waals surface area contributed by atoms with Gasteiger partial charge in [-0.2, -0.15) is 0 Å². The van der Waals surface area contributed by atoms with Gasteiger partial charge in [-0.3, -0.25) is 0 Å². The van der Waals surface area contributed by atoms with Gasteiger partial charge in [0, 0.05) is 0 Å². The van der Waals surface area contributed by atoms with Crippen LogP contribution in [0.5, 0.6) is 0 Å². The molecule has 0 spiro atoms. The fourth-order valence-corrected chi connectivity index (χ4v) is 5.20. The second-order valence-electron chi connectivity index (χ2n) is 11.5. The molecule has 4 heteroatoms. The fraction of sp³-hybridized carbons (Fsp3) is 0.487. The molecule has 0 amide bonds. The first-order valence-electron chi connectivity index (χ1n) is 16.5. The Balaban J connectivity index is 1.57. The number of ether oxygens (including phenoxy) is 3. The van der Waals surface area contributed by atoms with Crippen molar-refractivity contribution in [3.05, 3.63) is 120 Å². The lowest BCUT2D eigenvalue weighted by atomic mass is 10.0. The van der Waals surface area contributed by atoms with Gasteiger partial charge in [-0.15, -0.1) is 0 Å². The number of rotatable bonds is 24. The molecule has 0 bridgehead atoms. The van der Waals surface area contributed by atoms with Crippen molar-refractivity contribution in [2.45, 2.75) is 116 Å². The molecule has 0 aromatic heterocycles. The summed E-state index contributed by atoms with van der Waals surface area (Å²) in [6.07, 6.45) is 16.5. The molecule has 0 heterocycles. The number of hydrogen-bond donors (Lipinski definition) is 1. The van der Waals surface area contributed by atoms with Gasteiger partial charge in [0.1, 0.15) is 12.2 Å². The van der Waals surface area contributed by atoms with Gasteiger partial charge in [-0.05, 0) is 36.0 Å². The SMILES string of the molecule is CCCCCCCCCCC/C=C/C[C@@H](OCc1ccccc1)[C@@H](OCc1ccccc1)[C@H](O)COCc1ccccc1. The Morgan fingerprint density at radius 3 is 1.63 bits per heavy atom. The zero-order valence-electron chi connectivity index (χ0n) is 26.3. The maximum Gasteiger partial charge on any atom is 0.112 e. The van der Waals surface area contributed by atoms with Gasteiger partial charge in [-0.25, -0.2) is 0 Å². The number of benzene rings is 3. The number of hydrogen-bond acceptors (Lipinski definition) is 4. The van der Waals surface area contributed by atoms with E-state index in [1.807, 2.05) is 78.9 Å².